The van der Waals surface area contributed by atoms with Crippen LogP contribution in [-0.2, 0) is 0 Å². The van der Waals surface area contributed by atoms with Gasteiger partial charge in [0.05, 0.1) is 26.5 Å². The lowest BCUT2D eigenvalue weighted by Gasteiger charge is -2.36. The Kier molecular flexibility index (Phi) is 5.83. The van der Waals surface area contributed by atoms with E-state index in [1.54, 1.807) is 53.7 Å². The molecule has 4 aromatic carbocycles. The number of carbonyl (C=O) groups is 3. The van der Waals surface area contributed by atoms with Crippen molar-refractivity contribution in [1.29, 1.82) is 0 Å². The minimum Gasteiger partial charge on any atom is -0.497 e. The monoisotopic (exact) mass is 560 g/mol. The molecule has 0 unspecified atom stereocenters. The quantitative estimate of drug-likeness (QED) is 0.232. The van der Waals surface area contributed by atoms with Crippen LogP contribution in [0.4, 0.5) is 4.39 Å². The van der Waals surface area contributed by atoms with Gasteiger partial charge in [0, 0.05) is 34.2 Å². The third-order valence-corrected chi connectivity index (χ3v) is 8.75. The first-order valence-corrected chi connectivity index (χ1v) is 13.5. The van der Waals surface area contributed by atoms with Gasteiger partial charge in [-0.15, -0.1) is 0 Å². The van der Waals surface area contributed by atoms with Crippen molar-refractivity contribution in [2.45, 2.75) is 18.0 Å². The zero-order valence-corrected chi connectivity index (χ0v) is 22.8. The number of methoxy groups -OCH3 is 2. The van der Waals surface area contributed by atoms with Crippen LogP contribution in [-0.4, -0.2) is 48.8 Å². The minimum absolute atomic E-state index is 0.235. The molecule has 1 aliphatic carbocycles. The summed E-state index contributed by atoms with van der Waals surface area (Å²) in [6.45, 7) is 0. The lowest BCUT2D eigenvalue weighted by atomic mass is 9.62. The Morgan fingerprint density at radius 2 is 1.50 bits per heavy atom. The zero-order chi connectivity index (χ0) is 29.2. The molecule has 1 spiro atoms. The van der Waals surface area contributed by atoms with Crippen molar-refractivity contribution in [3.05, 3.63) is 130 Å². The van der Waals surface area contributed by atoms with Gasteiger partial charge in [-0.2, -0.15) is 5.10 Å². The van der Waals surface area contributed by atoms with Gasteiger partial charge in [0.25, 0.3) is 0 Å². The normalized spacial score (nSPS) is 21.2. The van der Waals surface area contributed by atoms with Gasteiger partial charge in [-0.3, -0.25) is 19.4 Å². The van der Waals surface area contributed by atoms with E-state index in [9.17, 15) is 18.8 Å². The van der Waals surface area contributed by atoms with Crippen LogP contribution in [0.15, 0.2) is 96.1 Å². The standard InChI is InChI=1S/C34H25FN2O5/c1-41-22-15-16-26(27(17-22)42-2)28-29(30(38)19-11-13-21(35)14-12-19)37-31(23-8-4-3-7-20(23)18-36-37)34(28)32(39)24-9-5-6-10-25(24)33(34)40/h3-18,28-29,31H,1-2H3/t28-,29+,31-/m1/s1. The SMILES string of the molecule is COc1ccc([C@@H]2[C@@H](C(=O)c3ccc(F)cc3)N3N=Cc4ccccc4[C@@H]3C23C(=O)c2ccccc2C3=O)c(OC)c1. The maximum Gasteiger partial charge on any atom is 0.187 e. The van der Waals surface area contributed by atoms with Crippen molar-refractivity contribution in [2.24, 2.45) is 10.5 Å². The molecule has 4 aromatic rings. The molecule has 3 aliphatic rings. The second-order valence-corrected chi connectivity index (χ2v) is 10.6. The summed E-state index contributed by atoms with van der Waals surface area (Å²) in [5, 5.41) is 6.34. The van der Waals surface area contributed by atoms with E-state index in [0.29, 0.717) is 33.8 Å². The number of hydrogen-bond acceptors (Lipinski definition) is 7. The molecule has 1 fully saturated rings. The average Bonchev–Trinajstić information content (AvgIpc) is 3.46. The second kappa shape index (κ2) is 9.48. The van der Waals surface area contributed by atoms with Gasteiger partial charge in [-0.1, -0.05) is 54.6 Å². The second-order valence-electron chi connectivity index (χ2n) is 10.6. The average molecular weight is 561 g/mol. The van der Waals surface area contributed by atoms with Crippen molar-refractivity contribution in [1.82, 2.24) is 5.01 Å². The third kappa shape index (κ3) is 3.38. The van der Waals surface area contributed by atoms with Gasteiger partial charge in [-0.25, -0.2) is 4.39 Å². The smallest absolute Gasteiger partial charge is 0.187 e. The number of hydrogen-bond donors (Lipinski definition) is 0. The largest absolute Gasteiger partial charge is 0.497 e. The fraction of sp³-hybridized carbons (Fsp3) is 0.176. The molecule has 0 saturated carbocycles. The zero-order valence-electron chi connectivity index (χ0n) is 22.8. The molecule has 208 valence electrons. The number of hydrazone groups is 1. The Morgan fingerprint density at radius 1 is 0.833 bits per heavy atom. The van der Waals surface area contributed by atoms with Gasteiger partial charge in [0.15, 0.2) is 17.3 Å². The Bertz CT molecular complexity index is 1780. The van der Waals surface area contributed by atoms with Crippen molar-refractivity contribution >= 4 is 23.6 Å². The summed E-state index contributed by atoms with van der Waals surface area (Å²) in [5.74, 6) is -1.77. The van der Waals surface area contributed by atoms with Crippen LogP contribution in [0.25, 0.3) is 0 Å². The number of halogens is 1. The molecule has 0 N–H and O–H groups in total. The van der Waals surface area contributed by atoms with Crippen molar-refractivity contribution < 1.29 is 28.2 Å². The lowest BCUT2D eigenvalue weighted by Crippen LogP contribution is -2.44. The first kappa shape index (κ1) is 25.8. The molecular weight excluding hydrogens is 535 g/mol. The number of fused-ring (bicyclic) bond motifs is 5. The van der Waals surface area contributed by atoms with Crippen LogP contribution in [0, 0.1) is 11.2 Å². The molecule has 2 aliphatic heterocycles. The van der Waals surface area contributed by atoms with Crippen LogP contribution in [0.3, 0.4) is 0 Å². The topological polar surface area (TPSA) is 85.3 Å². The van der Waals surface area contributed by atoms with Crippen LogP contribution in [0.1, 0.15) is 59.7 Å². The Hall–Kier alpha value is -5.11. The highest BCUT2D eigenvalue weighted by atomic mass is 19.1. The highest BCUT2D eigenvalue weighted by Crippen LogP contribution is 2.65. The van der Waals surface area contributed by atoms with E-state index in [2.05, 4.69) is 0 Å². The summed E-state index contributed by atoms with van der Waals surface area (Å²) in [6.07, 6.45) is 1.65. The first-order valence-electron chi connectivity index (χ1n) is 13.5. The molecule has 3 atom stereocenters. The molecule has 7 rings (SSSR count). The van der Waals surface area contributed by atoms with E-state index in [1.165, 1.54) is 38.5 Å². The fourth-order valence-corrected chi connectivity index (χ4v) is 6.98. The molecular formula is C34H25FN2O5. The summed E-state index contributed by atoms with van der Waals surface area (Å²) in [6, 6.07) is 22.6. The van der Waals surface area contributed by atoms with E-state index in [0.717, 1.165) is 5.56 Å². The molecule has 2 heterocycles. The molecule has 7 nitrogen and oxygen atoms in total. The highest BCUT2D eigenvalue weighted by molar-refractivity contribution is 6.31. The molecule has 0 aromatic heterocycles. The van der Waals surface area contributed by atoms with Crippen LogP contribution >= 0.6 is 0 Å². The summed E-state index contributed by atoms with van der Waals surface area (Å²) in [7, 11) is 3.02. The number of nitrogens with zero attached hydrogens (tertiary/aromatic N) is 2. The third-order valence-electron chi connectivity index (χ3n) is 8.75. The predicted molar refractivity (Wildman–Crippen MR) is 153 cm³/mol. The van der Waals surface area contributed by atoms with Gasteiger partial charge < -0.3 is 9.47 Å². The summed E-state index contributed by atoms with van der Waals surface area (Å²) in [4.78, 5) is 44.2. The lowest BCUT2D eigenvalue weighted by molar-refractivity contribution is 0.0585. The minimum atomic E-state index is -1.75. The van der Waals surface area contributed by atoms with Crippen LogP contribution in [0.2, 0.25) is 0 Å². The van der Waals surface area contributed by atoms with E-state index in [-0.39, 0.29) is 17.1 Å². The fourth-order valence-electron chi connectivity index (χ4n) is 6.98. The van der Waals surface area contributed by atoms with Gasteiger partial charge >= 0.3 is 0 Å². The Labute approximate surface area is 241 Å². The number of rotatable bonds is 5. The molecule has 0 amide bonds. The van der Waals surface area contributed by atoms with Crippen LogP contribution < -0.4 is 9.47 Å². The Balaban J connectivity index is 1.57. The predicted octanol–water partition coefficient (Wildman–Crippen LogP) is 5.65. The Morgan fingerprint density at radius 3 is 2.17 bits per heavy atom. The van der Waals surface area contributed by atoms with Gasteiger partial charge in [-0.05, 0) is 41.5 Å². The van der Waals surface area contributed by atoms with Crippen molar-refractivity contribution in [2.75, 3.05) is 14.2 Å². The van der Waals surface area contributed by atoms with E-state index >= 15 is 0 Å². The molecule has 42 heavy (non-hydrogen) atoms. The first-order chi connectivity index (χ1) is 20.4. The maximum atomic E-state index is 14.8. The molecule has 1 saturated heterocycles. The summed E-state index contributed by atoms with van der Waals surface area (Å²) < 4.78 is 25.1. The number of ketones is 3. The van der Waals surface area contributed by atoms with Gasteiger partial charge in [0.1, 0.15) is 28.8 Å². The molecule has 8 heteroatoms. The molecule has 0 radical (unpaired) electrons. The van der Waals surface area contributed by atoms with E-state index in [1.807, 2.05) is 24.3 Å². The number of carbonyl (C=O) groups excluding carboxylic acids is 3. The number of ether oxygens (including phenoxy) is 2. The van der Waals surface area contributed by atoms with Gasteiger partial charge in [0.2, 0.25) is 0 Å². The summed E-state index contributed by atoms with van der Waals surface area (Å²) >= 11 is 0. The van der Waals surface area contributed by atoms with E-state index in [4.69, 9.17) is 14.6 Å². The molecule has 0 bridgehead atoms. The highest BCUT2D eigenvalue weighted by Gasteiger charge is 2.73. The summed E-state index contributed by atoms with van der Waals surface area (Å²) in [5.41, 5.74) is 1.07. The number of benzene rings is 4. The van der Waals surface area contributed by atoms with Crippen molar-refractivity contribution in [3.63, 3.8) is 0 Å². The number of Topliss-reactive ketones (excluding diaryl/α,β-unsaturated/α-hetero) is 3. The van der Waals surface area contributed by atoms with Crippen molar-refractivity contribution in [3.8, 4) is 11.5 Å². The van der Waals surface area contributed by atoms with E-state index < -0.39 is 35.0 Å². The van der Waals surface area contributed by atoms with Crippen LogP contribution in [0.5, 0.6) is 11.5 Å². The maximum absolute atomic E-state index is 14.8.